The van der Waals surface area contributed by atoms with Crippen molar-refractivity contribution in [1.82, 2.24) is 4.90 Å². The van der Waals surface area contributed by atoms with Gasteiger partial charge in [-0.1, -0.05) is 0 Å². The summed E-state index contributed by atoms with van der Waals surface area (Å²) in [6.07, 6.45) is 0. The van der Waals surface area contributed by atoms with Crippen LogP contribution < -0.4 is 5.73 Å². The fourth-order valence-electron chi connectivity index (χ4n) is 2.76. The van der Waals surface area contributed by atoms with E-state index in [9.17, 15) is 14.2 Å². The maximum absolute atomic E-state index is 14.0. The second-order valence-electron chi connectivity index (χ2n) is 8.55. The number of carbonyl (C=O) groups excluding carboxylic acids is 2. The molecule has 2 aliphatic rings. The topological polar surface area (TPSA) is 108 Å². The van der Waals surface area contributed by atoms with Crippen LogP contribution in [0.5, 0.6) is 0 Å². The molecule has 0 radical (unpaired) electrons. The van der Waals surface area contributed by atoms with Crippen LogP contribution in [0.15, 0.2) is 11.0 Å². The minimum Gasteiger partial charge on any atom is -0.461 e. The highest BCUT2D eigenvalue weighted by molar-refractivity contribution is 8.00. The smallest absolute Gasteiger partial charge is 0.378 e. The number of ether oxygens (including phenoxy) is 1. The Kier molecular flexibility index (Phi) is 6.25. The molecule has 2 rings (SSSR count). The molecule has 0 spiro atoms. The largest absolute Gasteiger partial charge is 0.461 e. The Morgan fingerprint density at radius 3 is 2.19 bits per heavy atom. The van der Waals surface area contributed by atoms with Gasteiger partial charge in [-0.05, 0) is 41.5 Å². The summed E-state index contributed by atoms with van der Waals surface area (Å²) in [5.41, 5.74) is 5.01. The molecule has 8 nitrogen and oxygen atoms in total. The summed E-state index contributed by atoms with van der Waals surface area (Å²) in [4.78, 5) is 25.2. The average Bonchev–Trinajstić information content (AvgIpc) is 2.47. The van der Waals surface area contributed by atoms with Gasteiger partial charge in [0.2, 0.25) is 5.91 Å². The maximum Gasteiger partial charge on any atom is 0.378 e. The van der Waals surface area contributed by atoms with Crippen molar-refractivity contribution in [2.24, 2.45) is 5.73 Å². The number of fused-ring (bicyclic) bond motifs is 1. The number of thioether (sulfide) groups is 1. The third-order valence-electron chi connectivity index (χ3n) is 3.55. The van der Waals surface area contributed by atoms with E-state index in [4.69, 9.17) is 19.5 Å². The van der Waals surface area contributed by atoms with Crippen molar-refractivity contribution in [2.75, 3.05) is 12.4 Å². The molecule has 0 unspecified atom stereocenters. The molecule has 0 bridgehead atoms. The molecule has 0 aromatic rings. The normalized spacial score (nSPS) is 23.9. The van der Waals surface area contributed by atoms with Crippen molar-refractivity contribution in [3.63, 3.8) is 0 Å². The van der Waals surface area contributed by atoms with Crippen molar-refractivity contribution in [3.05, 3.63) is 11.0 Å². The SMILES string of the molecule is CC(=O)OCC1=C(P(=O)(OC(C)(C)C)OC(C)(C)C)N2C(=O)[C@H](N)[C@@H]2SC1. The average molecular weight is 420 g/mol. The zero-order valence-electron chi connectivity index (χ0n) is 16.9. The van der Waals surface area contributed by atoms with Crippen LogP contribution in [0, 0.1) is 0 Å². The van der Waals surface area contributed by atoms with E-state index in [1.165, 1.54) is 23.6 Å². The Balaban J connectivity index is 2.57. The second kappa shape index (κ2) is 7.52. The van der Waals surface area contributed by atoms with Crippen LogP contribution in [0.25, 0.3) is 0 Å². The third kappa shape index (κ3) is 5.15. The van der Waals surface area contributed by atoms with Gasteiger partial charge in [0.15, 0.2) is 0 Å². The molecule has 0 aromatic heterocycles. The summed E-state index contributed by atoms with van der Waals surface area (Å²) in [7, 11) is -3.94. The lowest BCUT2D eigenvalue weighted by atomic mass is 10.1. The van der Waals surface area contributed by atoms with Crippen LogP contribution in [-0.2, 0) is 27.9 Å². The maximum atomic E-state index is 14.0. The van der Waals surface area contributed by atoms with E-state index < -0.39 is 30.8 Å². The van der Waals surface area contributed by atoms with Crippen molar-refractivity contribution < 1.29 is 27.9 Å². The number of hydrogen-bond acceptors (Lipinski definition) is 8. The van der Waals surface area contributed by atoms with E-state index in [0.29, 0.717) is 11.3 Å². The molecule has 0 saturated carbocycles. The van der Waals surface area contributed by atoms with Gasteiger partial charge >= 0.3 is 13.6 Å². The fourth-order valence-corrected chi connectivity index (χ4v) is 6.89. The van der Waals surface area contributed by atoms with Crippen LogP contribution in [0.4, 0.5) is 0 Å². The summed E-state index contributed by atoms with van der Waals surface area (Å²) >= 11 is 1.44. The van der Waals surface area contributed by atoms with Crippen molar-refractivity contribution in [3.8, 4) is 0 Å². The van der Waals surface area contributed by atoms with Crippen LogP contribution in [0.1, 0.15) is 48.5 Å². The molecule has 2 heterocycles. The number of amides is 1. The highest BCUT2D eigenvalue weighted by Crippen LogP contribution is 2.65. The quantitative estimate of drug-likeness (QED) is 0.411. The molecule has 2 N–H and O–H groups in total. The van der Waals surface area contributed by atoms with E-state index >= 15 is 0 Å². The number of nitrogens with two attached hydrogens (primary N) is 1. The first kappa shape index (κ1) is 22.4. The zero-order chi connectivity index (χ0) is 20.8. The minimum absolute atomic E-state index is 0.0889. The van der Waals surface area contributed by atoms with E-state index in [1.807, 2.05) is 0 Å². The number of esters is 1. The Morgan fingerprint density at radius 2 is 1.74 bits per heavy atom. The Labute approximate surface area is 164 Å². The van der Waals surface area contributed by atoms with Crippen molar-refractivity contribution in [1.29, 1.82) is 0 Å². The predicted octanol–water partition coefficient (Wildman–Crippen LogP) is 2.83. The number of rotatable bonds is 5. The van der Waals surface area contributed by atoms with Crippen LogP contribution in [0.3, 0.4) is 0 Å². The molecule has 0 aromatic carbocycles. The molecule has 0 aliphatic carbocycles. The van der Waals surface area contributed by atoms with Gasteiger partial charge in [-0.2, -0.15) is 0 Å². The third-order valence-corrected chi connectivity index (χ3v) is 7.54. The lowest BCUT2D eigenvalue weighted by molar-refractivity contribution is -0.141. The Morgan fingerprint density at radius 1 is 1.22 bits per heavy atom. The van der Waals surface area contributed by atoms with E-state index in [-0.39, 0.29) is 23.3 Å². The zero-order valence-corrected chi connectivity index (χ0v) is 18.6. The van der Waals surface area contributed by atoms with Gasteiger partial charge < -0.3 is 10.5 Å². The van der Waals surface area contributed by atoms with Gasteiger partial charge in [0, 0.05) is 18.2 Å². The molecule has 27 heavy (non-hydrogen) atoms. The van der Waals surface area contributed by atoms with Gasteiger partial charge in [0.05, 0.1) is 11.2 Å². The van der Waals surface area contributed by atoms with Crippen LogP contribution >= 0.6 is 19.4 Å². The summed E-state index contributed by atoms with van der Waals surface area (Å²) in [6.45, 7) is 11.8. The number of β-lactam (4-membered cyclic amide) rings is 1. The summed E-state index contributed by atoms with van der Waals surface area (Å²) < 4.78 is 30.9. The first-order valence-electron chi connectivity index (χ1n) is 8.72. The van der Waals surface area contributed by atoms with Gasteiger partial charge in [0.1, 0.15) is 23.5 Å². The first-order chi connectivity index (χ1) is 12.1. The van der Waals surface area contributed by atoms with Crippen LogP contribution in [-0.4, -0.2) is 51.8 Å². The monoisotopic (exact) mass is 420 g/mol. The van der Waals surface area contributed by atoms with Crippen LogP contribution in [0.2, 0.25) is 0 Å². The standard InChI is InChI=1S/C17H29N2O6PS/c1-10(20)23-8-11-9-27-15-12(18)13(21)19(15)14(11)26(22,24-16(2,3)4)25-17(5,6)7/h12,15H,8-9,18H2,1-7H3/t12-,15-/m0/s1. The van der Waals surface area contributed by atoms with Crippen molar-refractivity contribution in [2.45, 2.75) is 71.1 Å². The molecule has 10 heteroatoms. The number of carbonyl (C=O) groups is 2. The second-order valence-corrected chi connectivity index (χ2v) is 11.4. The Hall–Kier alpha value is -0.860. The fraction of sp³-hybridized carbons (Fsp3) is 0.765. The molecule has 1 fully saturated rings. The lowest BCUT2D eigenvalue weighted by Crippen LogP contribution is -2.67. The molecule has 1 amide bonds. The molecular formula is C17H29N2O6PS. The minimum atomic E-state index is -3.94. The highest BCUT2D eigenvalue weighted by atomic mass is 32.2. The summed E-state index contributed by atoms with van der Waals surface area (Å²) in [5, 5.41) is -0.339. The molecule has 154 valence electrons. The molecule has 1 saturated heterocycles. The van der Waals surface area contributed by atoms with E-state index in [1.54, 1.807) is 41.5 Å². The Bertz CT molecular complexity index is 689. The van der Waals surface area contributed by atoms with E-state index in [0.717, 1.165) is 0 Å². The molecular weight excluding hydrogens is 391 g/mol. The number of hydrogen-bond donors (Lipinski definition) is 1. The lowest BCUT2D eigenvalue weighted by Gasteiger charge is -2.50. The van der Waals surface area contributed by atoms with Gasteiger partial charge in [0.25, 0.3) is 0 Å². The molecule has 2 atom stereocenters. The summed E-state index contributed by atoms with van der Waals surface area (Å²) in [5.74, 6) is -0.405. The first-order valence-corrected chi connectivity index (χ1v) is 11.3. The van der Waals surface area contributed by atoms with Gasteiger partial charge in [-0.25, -0.2) is 0 Å². The van der Waals surface area contributed by atoms with Crippen molar-refractivity contribution >= 4 is 31.2 Å². The highest BCUT2D eigenvalue weighted by Gasteiger charge is 2.56. The van der Waals surface area contributed by atoms with Gasteiger partial charge in [-0.15, -0.1) is 11.8 Å². The number of nitrogens with zero attached hydrogens (tertiary/aromatic N) is 1. The molecule has 2 aliphatic heterocycles. The predicted molar refractivity (Wildman–Crippen MR) is 104 cm³/mol. The summed E-state index contributed by atoms with van der Waals surface area (Å²) in [6, 6.07) is -0.669. The van der Waals surface area contributed by atoms with E-state index in [2.05, 4.69) is 0 Å². The van der Waals surface area contributed by atoms with Gasteiger partial charge in [-0.3, -0.25) is 28.1 Å².